The first-order valence-electron chi connectivity index (χ1n) is 11.3. The predicted molar refractivity (Wildman–Crippen MR) is 118 cm³/mol. The largest absolute Gasteiger partial charge is 0.595 e. The van der Waals surface area contributed by atoms with Crippen molar-refractivity contribution in [1.82, 2.24) is 0 Å². The molecular weight excluding hydrogens is 368 g/mol. The van der Waals surface area contributed by atoms with Crippen LogP contribution in [-0.2, 0) is 4.79 Å². The number of hydrogen-bond acceptors (Lipinski definition) is 4. The Balaban J connectivity index is 2.07. The molecular formula is C23H40N2O4. The highest BCUT2D eigenvalue weighted by atomic mass is 16.8. The average molecular weight is 409 g/mol. The highest BCUT2D eigenvalue weighted by Crippen LogP contribution is 2.24. The van der Waals surface area contributed by atoms with Crippen LogP contribution in [0.25, 0.3) is 0 Å². The monoisotopic (exact) mass is 408 g/mol. The van der Waals surface area contributed by atoms with E-state index in [1.807, 2.05) is 0 Å². The van der Waals surface area contributed by atoms with E-state index in [0.29, 0.717) is 17.9 Å². The first-order chi connectivity index (χ1) is 14.1. The number of ether oxygens (including phenoxy) is 1. The maximum atomic E-state index is 12.1. The molecule has 0 radical (unpaired) electrons. The van der Waals surface area contributed by atoms with Crippen molar-refractivity contribution in [3.05, 3.63) is 23.4 Å². The number of methoxy groups -OCH3 is 1. The normalized spacial score (nSPS) is 12.0. The Morgan fingerprint density at radius 3 is 1.97 bits per heavy atom. The molecule has 1 aromatic rings. The van der Waals surface area contributed by atoms with Crippen LogP contribution in [0.1, 0.15) is 96.8 Å². The summed E-state index contributed by atoms with van der Waals surface area (Å²) in [6, 6.07) is 4.64. The number of rotatable bonds is 17. The van der Waals surface area contributed by atoms with Crippen LogP contribution in [0.2, 0.25) is 0 Å². The van der Waals surface area contributed by atoms with Gasteiger partial charge in [0, 0.05) is 12.5 Å². The summed E-state index contributed by atoms with van der Waals surface area (Å²) in [6.07, 6.45) is 16.9. The number of nitrogens with one attached hydrogen (secondary N) is 2. The second-order valence-corrected chi connectivity index (χ2v) is 7.76. The summed E-state index contributed by atoms with van der Waals surface area (Å²) in [4.78, 5) is 12.1. The first-order valence-corrected chi connectivity index (χ1v) is 11.3. The van der Waals surface area contributed by atoms with Crippen molar-refractivity contribution in [1.29, 1.82) is 0 Å². The highest BCUT2D eigenvalue weighted by Gasteiger charge is 2.13. The number of carbonyl (C=O) groups is 1. The van der Waals surface area contributed by atoms with Crippen LogP contribution in [-0.4, -0.2) is 18.2 Å². The maximum absolute atomic E-state index is 12.1. The number of unbranched alkanes of at least 4 members (excludes halogenated alkanes) is 12. The van der Waals surface area contributed by atoms with Gasteiger partial charge in [-0.3, -0.25) is 4.79 Å². The summed E-state index contributed by atoms with van der Waals surface area (Å²) < 4.78 is 5.04. The SMILES string of the molecule is CCCCCCCCCCCCCCCC(=O)Nc1ccc(OC)cc1[NH+]([O-])O. The molecule has 0 spiro atoms. The lowest BCUT2D eigenvalue weighted by Gasteiger charge is -2.17. The van der Waals surface area contributed by atoms with E-state index in [-0.39, 0.29) is 11.6 Å². The number of hydrogen-bond donors (Lipinski definition) is 3. The lowest BCUT2D eigenvalue weighted by molar-refractivity contribution is -0.990. The molecule has 0 aliphatic heterocycles. The Hall–Kier alpha value is -1.63. The minimum atomic E-state index is -1.08. The third kappa shape index (κ3) is 11.8. The lowest BCUT2D eigenvalue weighted by Crippen LogP contribution is -2.99. The summed E-state index contributed by atoms with van der Waals surface area (Å²) in [5.41, 5.74) is 0.362. The molecule has 0 aliphatic carbocycles. The maximum Gasteiger partial charge on any atom is 0.224 e. The van der Waals surface area contributed by atoms with Crippen LogP contribution < -0.4 is 15.3 Å². The summed E-state index contributed by atoms with van der Waals surface area (Å²) >= 11 is 0. The van der Waals surface area contributed by atoms with Gasteiger partial charge in [0.25, 0.3) is 0 Å². The number of amides is 1. The molecule has 0 aromatic heterocycles. The fourth-order valence-electron chi connectivity index (χ4n) is 3.45. The van der Waals surface area contributed by atoms with Crippen molar-refractivity contribution in [3.63, 3.8) is 0 Å². The zero-order chi connectivity index (χ0) is 21.3. The second-order valence-electron chi connectivity index (χ2n) is 7.76. The van der Waals surface area contributed by atoms with E-state index < -0.39 is 5.23 Å². The first kappa shape index (κ1) is 25.4. The van der Waals surface area contributed by atoms with Gasteiger partial charge in [-0.2, -0.15) is 5.23 Å². The van der Waals surface area contributed by atoms with E-state index in [0.717, 1.165) is 19.3 Å². The van der Waals surface area contributed by atoms with Crippen LogP contribution in [0.3, 0.4) is 0 Å². The minimum Gasteiger partial charge on any atom is -0.595 e. The van der Waals surface area contributed by atoms with Gasteiger partial charge in [0.05, 0.1) is 7.11 Å². The van der Waals surface area contributed by atoms with E-state index in [2.05, 4.69) is 12.2 Å². The Morgan fingerprint density at radius 2 is 1.48 bits per heavy atom. The average Bonchev–Trinajstić information content (AvgIpc) is 2.71. The van der Waals surface area contributed by atoms with Crippen LogP contribution in [0.4, 0.5) is 11.4 Å². The quantitative estimate of drug-likeness (QED) is 0.234. The van der Waals surface area contributed by atoms with Crippen molar-refractivity contribution in [2.24, 2.45) is 0 Å². The fraction of sp³-hybridized carbons (Fsp3) is 0.696. The van der Waals surface area contributed by atoms with E-state index in [1.54, 1.807) is 12.1 Å². The molecule has 1 rings (SSSR count). The van der Waals surface area contributed by atoms with E-state index in [1.165, 1.54) is 77.4 Å². The molecule has 6 nitrogen and oxygen atoms in total. The van der Waals surface area contributed by atoms with Crippen molar-refractivity contribution < 1.29 is 20.0 Å². The number of carbonyl (C=O) groups excluding carboxylic acids is 1. The molecule has 0 fully saturated rings. The standard InChI is InChI=1S/C23H40N2O4/c1-3-4-5-6-7-8-9-10-11-12-13-14-15-16-23(26)24-21-18-17-20(29-2)19-22(21)25(27)28/h17-19,25,27H,3-16H2,1-2H3,(H,24,26). The van der Waals surface area contributed by atoms with Crippen LogP contribution in [0, 0.1) is 5.21 Å². The van der Waals surface area contributed by atoms with E-state index in [9.17, 15) is 15.2 Å². The van der Waals surface area contributed by atoms with Crippen LogP contribution in [0.15, 0.2) is 18.2 Å². The van der Waals surface area contributed by atoms with E-state index >= 15 is 0 Å². The molecule has 1 amide bonds. The Bertz CT molecular complexity index is 564. The van der Waals surface area contributed by atoms with Gasteiger partial charge >= 0.3 is 0 Å². The molecule has 0 saturated carbocycles. The van der Waals surface area contributed by atoms with Gasteiger partial charge in [-0.1, -0.05) is 84.0 Å². The zero-order valence-corrected chi connectivity index (χ0v) is 18.3. The molecule has 0 aliphatic rings. The number of quaternary nitrogens is 1. The minimum absolute atomic E-state index is 0.0445. The molecule has 166 valence electrons. The van der Waals surface area contributed by atoms with Crippen molar-refractivity contribution >= 4 is 17.3 Å². The second kappa shape index (κ2) is 16.2. The van der Waals surface area contributed by atoms with Gasteiger partial charge in [0.2, 0.25) is 5.91 Å². The summed E-state index contributed by atoms with van der Waals surface area (Å²) in [5, 5.41) is 22.3. The van der Waals surface area contributed by atoms with Crippen LogP contribution in [0.5, 0.6) is 5.75 Å². The molecule has 1 atom stereocenters. The lowest BCUT2D eigenvalue weighted by atomic mass is 10.0. The molecule has 1 unspecified atom stereocenters. The van der Waals surface area contributed by atoms with Gasteiger partial charge < -0.3 is 15.3 Å². The van der Waals surface area contributed by atoms with Crippen molar-refractivity contribution in [2.45, 2.75) is 96.8 Å². The molecule has 29 heavy (non-hydrogen) atoms. The van der Waals surface area contributed by atoms with Gasteiger partial charge in [0.15, 0.2) is 5.69 Å². The predicted octanol–water partition coefficient (Wildman–Crippen LogP) is 5.52. The van der Waals surface area contributed by atoms with Crippen molar-refractivity contribution in [2.75, 3.05) is 12.4 Å². The third-order valence-corrected chi connectivity index (χ3v) is 5.24. The molecule has 0 heterocycles. The molecule has 6 heteroatoms. The molecule has 0 saturated heterocycles. The van der Waals surface area contributed by atoms with Gasteiger partial charge in [-0.25, -0.2) is 5.21 Å². The van der Waals surface area contributed by atoms with E-state index in [4.69, 9.17) is 4.74 Å². The smallest absolute Gasteiger partial charge is 0.224 e. The Labute approximate surface area is 176 Å². The zero-order valence-electron chi connectivity index (χ0n) is 18.3. The number of benzene rings is 1. The topological polar surface area (TPSA) is 86.1 Å². The molecule has 3 N–H and O–H groups in total. The fourth-order valence-corrected chi connectivity index (χ4v) is 3.45. The molecule has 0 bridgehead atoms. The van der Waals surface area contributed by atoms with Crippen molar-refractivity contribution in [3.8, 4) is 5.75 Å². The highest BCUT2D eigenvalue weighted by molar-refractivity contribution is 5.93. The number of anilines is 1. The summed E-state index contributed by atoms with van der Waals surface area (Å²) in [7, 11) is 1.48. The van der Waals surface area contributed by atoms with Gasteiger partial charge in [-0.15, -0.1) is 0 Å². The summed E-state index contributed by atoms with van der Waals surface area (Å²) in [6.45, 7) is 2.25. The summed E-state index contributed by atoms with van der Waals surface area (Å²) in [5.74, 6) is 0.317. The third-order valence-electron chi connectivity index (χ3n) is 5.24. The van der Waals surface area contributed by atoms with Gasteiger partial charge in [-0.05, 0) is 18.6 Å². The Kier molecular flexibility index (Phi) is 14.2. The van der Waals surface area contributed by atoms with Gasteiger partial charge in [0.1, 0.15) is 11.4 Å². The Morgan fingerprint density at radius 1 is 0.966 bits per heavy atom. The molecule has 1 aromatic carbocycles. The van der Waals surface area contributed by atoms with Crippen LogP contribution >= 0.6 is 0 Å².